The highest BCUT2D eigenvalue weighted by molar-refractivity contribution is 5.80. The molecule has 3 heterocycles. The lowest BCUT2D eigenvalue weighted by atomic mass is 9.65. The van der Waals surface area contributed by atoms with E-state index < -0.39 is 0 Å². The van der Waals surface area contributed by atoms with Crippen LogP contribution in [0.15, 0.2) is 22.8 Å². The zero-order valence-corrected chi connectivity index (χ0v) is 16.8. The molecule has 1 aliphatic carbocycles. The monoisotopic (exact) mass is 372 g/mol. The first kappa shape index (κ1) is 18.6. The molecule has 1 aromatic heterocycles. The fourth-order valence-corrected chi connectivity index (χ4v) is 6.17. The second-order valence-corrected chi connectivity index (χ2v) is 10.3. The van der Waals surface area contributed by atoms with E-state index in [0.29, 0.717) is 37.1 Å². The Morgan fingerprint density at radius 1 is 1.33 bits per heavy atom. The van der Waals surface area contributed by atoms with Gasteiger partial charge in [0.05, 0.1) is 6.26 Å². The second-order valence-electron chi connectivity index (χ2n) is 10.3. The second kappa shape index (κ2) is 6.39. The Labute approximate surface area is 161 Å². The summed E-state index contributed by atoms with van der Waals surface area (Å²) in [4.78, 5) is 27.2. The smallest absolute Gasteiger partial charge is 0.222 e. The van der Waals surface area contributed by atoms with Crippen molar-refractivity contribution in [3.05, 3.63) is 24.2 Å². The maximum Gasteiger partial charge on any atom is 0.222 e. The van der Waals surface area contributed by atoms with E-state index in [4.69, 9.17) is 4.42 Å². The highest BCUT2D eigenvalue weighted by atomic mass is 16.3. The molecule has 2 bridgehead atoms. The van der Waals surface area contributed by atoms with Crippen LogP contribution in [0.4, 0.5) is 0 Å². The minimum atomic E-state index is -0.345. The molecule has 27 heavy (non-hydrogen) atoms. The van der Waals surface area contributed by atoms with Crippen LogP contribution < -0.4 is 5.32 Å². The Hall–Kier alpha value is -1.78. The van der Waals surface area contributed by atoms with Gasteiger partial charge in [0.1, 0.15) is 5.76 Å². The van der Waals surface area contributed by atoms with Gasteiger partial charge >= 0.3 is 0 Å². The van der Waals surface area contributed by atoms with Crippen molar-refractivity contribution in [3.8, 4) is 0 Å². The van der Waals surface area contributed by atoms with E-state index in [-0.39, 0.29) is 22.8 Å². The lowest BCUT2D eigenvalue weighted by Crippen LogP contribution is -2.45. The van der Waals surface area contributed by atoms with Crippen molar-refractivity contribution < 1.29 is 14.0 Å². The number of nitrogens with zero attached hydrogens (tertiary/aromatic N) is 1. The third kappa shape index (κ3) is 3.78. The highest BCUT2D eigenvalue weighted by Crippen LogP contribution is 2.52. The van der Waals surface area contributed by atoms with Gasteiger partial charge in [0.15, 0.2) is 0 Å². The maximum atomic E-state index is 13.1. The van der Waals surface area contributed by atoms with Gasteiger partial charge in [0.25, 0.3) is 0 Å². The first-order valence-corrected chi connectivity index (χ1v) is 10.3. The minimum Gasteiger partial charge on any atom is -0.469 e. The van der Waals surface area contributed by atoms with Gasteiger partial charge in [-0.05, 0) is 55.1 Å². The van der Waals surface area contributed by atoms with Gasteiger partial charge in [0.2, 0.25) is 11.8 Å². The number of amides is 2. The zero-order chi connectivity index (χ0) is 19.3. The molecule has 2 saturated heterocycles. The summed E-state index contributed by atoms with van der Waals surface area (Å²) in [5, 5.41) is 3.15. The Morgan fingerprint density at radius 2 is 2.15 bits per heavy atom. The van der Waals surface area contributed by atoms with E-state index in [9.17, 15) is 9.59 Å². The summed E-state index contributed by atoms with van der Waals surface area (Å²) in [6.45, 7) is 7.89. The van der Waals surface area contributed by atoms with Crippen LogP contribution in [0, 0.1) is 10.8 Å². The van der Waals surface area contributed by atoms with Gasteiger partial charge < -0.3 is 14.6 Å². The molecule has 2 aliphatic heterocycles. The van der Waals surface area contributed by atoms with Crippen molar-refractivity contribution in [3.63, 3.8) is 0 Å². The van der Waals surface area contributed by atoms with Gasteiger partial charge in [-0.1, -0.05) is 20.8 Å². The normalized spacial score (nSPS) is 34.7. The summed E-state index contributed by atoms with van der Waals surface area (Å²) >= 11 is 0. The van der Waals surface area contributed by atoms with Crippen LogP contribution in [0.5, 0.6) is 0 Å². The van der Waals surface area contributed by atoms with Crippen molar-refractivity contribution in [2.45, 2.75) is 83.7 Å². The molecule has 2 amide bonds. The third-order valence-electron chi connectivity index (χ3n) is 6.88. The van der Waals surface area contributed by atoms with E-state index >= 15 is 0 Å². The standard InChI is InChI=1S/C22H32N2O3/c1-20(2)11-16-12-21(3,14-20)15-24(16)19(26)7-9-22(8-6-18(25)23-22)13-17-5-4-10-27-17/h4-5,10,16H,6-9,11-15H2,1-3H3,(H,23,25)/t16-,21+,22-/m0/s1. The summed E-state index contributed by atoms with van der Waals surface area (Å²) in [5.41, 5.74) is 0.227. The number of carbonyl (C=O) groups excluding carboxylic acids is 2. The van der Waals surface area contributed by atoms with Crippen molar-refractivity contribution in [1.82, 2.24) is 10.2 Å². The van der Waals surface area contributed by atoms with E-state index in [1.54, 1.807) is 6.26 Å². The van der Waals surface area contributed by atoms with Gasteiger partial charge in [-0.3, -0.25) is 9.59 Å². The van der Waals surface area contributed by atoms with Crippen molar-refractivity contribution in [1.29, 1.82) is 0 Å². The van der Waals surface area contributed by atoms with Gasteiger partial charge in [-0.2, -0.15) is 0 Å². The average Bonchev–Trinajstić information content (AvgIpc) is 3.24. The van der Waals surface area contributed by atoms with Crippen LogP contribution in [-0.4, -0.2) is 34.8 Å². The number of hydrogen-bond acceptors (Lipinski definition) is 3. The third-order valence-corrected chi connectivity index (χ3v) is 6.88. The Kier molecular flexibility index (Phi) is 4.39. The number of furan rings is 1. The predicted molar refractivity (Wildman–Crippen MR) is 103 cm³/mol. The van der Waals surface area contributed by atoms with Crippen LogP contribution in [0.25, 0.3) is 0 Å². The molecule has 3 atom stereocenters. The summed E-state index contributed by atoms with van der Waals surface area (Å²) in [6, 6.07) is 4.20. The molecule has 3 aliphatic rings. The number of likely N-dealkylation sites (tertiary alicyclic amines) is 1. The zero-order valence-electron chi connectivity index (χ0n) is 16.8. The Balaban J connectivity index is 1.42. The van der Waals surface area contributed by atoms with Gasteiger partial charge in [0, 0.05) is 37.4 Å². The predicted octanol–water partition coefficient (Wildman–Crippen LogP) is 3.68. The molecule has 0 aromatic carbocycles. The van der Waals surface area contributed by atoms with Gasteiger partial charge in [-0.15, -0.1) is 0 Å². The summed E-state index contributed by atoms with van der Waals surface area (Å²) in [5.74, 6) is 1.21. The largest absolute Gasteiger partial charge is 0.469 e. The molecule has 3 fully saturated rings. The molecule has 0 radical (unpaired) electrons. The fraction of sp³-hybridized carbons (Fsp3) is 0.727. The quantitative estimate of drug-likeness (QED) is 0.858. The average molecular weight is 373 g/mol. The topological polar surface area (TPSA) is 62.6 Å². The van der Waals surface area contributed by atoms with Crippen LogP contribution in [-0.2, 0) is 16.0 Å². The SMILES string of the molecule is CC1(C)C[C@H]2C[C@@](C)(CN2C(=O)CC[C@]2(Cc3ccco3)CCC(=O)N2)C1. The summed E-state index contributed by atoms with van der Waals surface area (Å²) < 4.78 is 5.51. The number of nitrogens with one attached hydrogen (secondary N) is 1. The van der Waals surface area contributed by atoms with Crippen LogP contribution in [0.3, 0.4) is 0 Å². The number of fused-ring (bicyclic) bond motifs is 2. The molecule has 1 aromatic rings. The van der Waals surface area contributed by atoms with Crippen molar-refractivity contribution >= 4 is 11.8 Å². The molecular weight excluding hydrogens is 340 g/mol. The number of carbonyl (C=O) groups is 2. The first-order valence-electron chi connectivity index (χ1n) is 10.3. The molecule has 1 saturated carbocycles. The van der Waals surface area contributed by atoms with E-state index in [1.165, 1.54) is 6.42 Å². The van der Waals surface area contributed by atoms with E-state index in [2.05, 4.69) is 31.0 Å². The van der Waals surface area contributed by atoms with E-state index in [0.717, 1.165) is 31.6 Å². The molecule has 5 nitrogen and oxygen atoms in total. The minimum absolute atomic E-state index is 0.0836. The number of rotatable bonds is 5. The van der Waals surface area contributed by atoms with Crippen molar-refractivity contribution in [2.75, 3.05) is 6.54 Å². The van der Waals surface area contributed by atoms with Gasteiger partial charge in [-0.25, -0.2) is 0 Å². The maximum absolute atomic E-state index is 13.1. The molecule has 148 valence electrons. The number of hydrogen-bond donors (Lipinski definition) is 1. The summed E-state index contributed by atoms with van der Waals surface area (Å²) in [6.07, 6.45) is 8.24. The lowest BCUT2D eigenvalue weighted by molar-refractivity contribution is -0.133. The van der Waals surface area contributed by atoms with Crippen LogP contribution in [0.1, 0.15) is 71.5 Å². The molecule has 5 heteroatoms. The van der Waals surface area contributed by atoms with E-state index in [1.807, 2.05) is 12.1 Å². The lowest BCUT2D eigenvalue weighted by Gasteiger charge is -2.39. The highest BCUT2D eigenvalue weighted by Gasteiger charge is 2.51. The molecule has 4 rings (SSSR count). The fourth-order valence-electron chi connectivity index (χ4n) is 6.17. The van der Waals surface area contributed by atoms with Crippen LogP contribution in [0.2, 0.25) is 0 Å². The Morgan fingerprint density at radius 3 is 2.81 bits per heavy atom. The molecular formula is C22H32N2O3. The summed E-state index contributed by atoms with van der Waals surface area (Å²) in [7, 11) is 0. The molecule has 0 spiro atoms. The molecule has 0 unspecified atom stereocenters. The molecule has 1 N–H and O–H groups in total. The van der Waals surface area contributed by atoms with Crippen LogP contribution >= 0.6 is 0 Å². The van der Waals surface area contributed by atoms with Crippen molar-refractivity contribution in [2.24, 2.45) is 10.8 Å². The Bertz CT molecular complexity index is 726. The first-order chi connectivity index (χ1) is 12.7.